The van der Waals surface area contributed by atoms with Gasteiger partial charge in [0, 0.05) is 23.0 Å². The van der Waals surface area contributed by atoms with Gasteiger partial charge in [0.15, 0.2) is 0 Å². The number of aliphatic carboxylic acids is 1. The van der Waals surface area contributed by atoms with Crippen LogP contribution in [0.4, 0.5) is 0 Å². The fourth-order valence-corrected chi connectivity index (χ4v) is 3.14. The number of hydrogen-bond acceptors (Lipinski definition) is 3. The maximum absolute atomic E-state index is 12.1. The second-order valence-electron chi connectivity index (χ2n) is 5.35. The number of aryl methyl sites for hydroxylation is 1. The molecule has 0 aromatic carbocycles. The number of hydrogen-bond donors (Lipinski definition) is 1. The Morgan fingerprint density at radius 2 is 1.95 bits per heavy atom. The van der Waals surface area contributed by atoms with Gasteiger partial charge in [0.05, 0.1) is 5.92 Å². The van der Waals surface area contributed by atoms with Crippen LogP contribution < -0.4 is 5.69 Å². The lowest BCUT2D eigenvalue weighted by molar-refractivity contribution is -0.138. The van der Waals surface area contributed by atoms with E-state index >= 15 is 0 Å². The van der Waals surface area contributed by atoms with Crippen molar-refractivity contribution in [2.45, 2.75) is 58.4 Å². The van der Waals surface area contributed by atoms with Crippen LogP contribution >= 0.6 is 0 Å². The highest BCUT2D eigenvalue weighted by molar-refractivity contribution is 5.76. The Labute approximate surface area is 112 Å². The molecule has 1 atom stereocenters. The molecule has 5 nitrogen and oxygen atoms in total. The highest BCUT2D eigenvalue weighted by Crippen LogP contribution is 2.31. The van der Waals surface area contributed by atoms with E-state index in [1.165, 1.54) is 0 Å². The highest BCUT2D eigenvalue weighted by atomic mass is 16.4. The molecule has 104 valence electrons. The van der Waals surface area contributed by atoms with Gasteiger partial charge in [-0.15, -0.1) is 0 Å². The third-order valence-corrected chi connectivity index (χ3v) is 4.10. The van der Waals surface area contributed by atoms with Gasteiger partial charge in [0.2, 0.25) is 0 Å². The Morgan fingerprint density at radius 1 is 1.37 bits per heavy atom. The summed E-state index contributed by atoms with van der Waals surface area (Å²) < 4.78 is 1.70. The van der Waals surface area contributed by atoms with Gasteiger partial charge in [0.1, 0.15) is 0 Å². The summed E-state index contributed by atoms with van der Waals surface area (Å²) in [6.45, 7) is 5.19. The van der Waals surface area contributed by atoms with Crippen LogP contribution in [0.2, 0.25) is 0 Å². The fourth-order valence-electron chi connectivity index (χ4n) is 3.14. The molecule has 5 heteroatoms. The third-order valence-electron chi connectivity index (χ3n) is 4.10. The predicted octanol–water partition coefficient (Wildman–Crippen LogP) is 2.16. The van der Waals surface area contributed by atoms with E-state index in [1.807, 2.05) is 6.92 Å². The van der Waals surface area contributed by atoms with Crippen LogP contribution in [-0.4, -0.2) is 20.6 Å². The molecule has 1 heterocycles. The maximum Gasteiger partial charge on any atom is 0.348 e. The largest absolute Gasteiger partial charge is 0.481 e. The average molecular weight is 264 g/mol. The van der Waals surface area contributed by atoms with Crippen molar-refractivity contribution in [2.24, 2.45) is 0 Å². The van der Waals surface area contributed by atoms with Gasteiger partial charge >= 0.3 is 11.7 Å². The lowest BCUT2D eigenvalue weighted by atomic mass is 9.97. The van der Waals surface area contributed by atoms with Gasteiger partial charge in [-0.2, -0.15) is 4.98 Å². The van der Waals surface area contributed by atoms with E-state index in [1.54, 1.807) is 18.4 Å². The molecular weight excluding hydrogens is 244 g/mol. The number of carbonyl (C=O) groups is 1. The molecule has 1 N–H and O–H groups in total. The van der Waals surface area contributed by atoms with Gasteiger partial charge in [-0.3, -0.25) is 9.36 Å². The molecule has 19 heavy (non-hydrogen) atoms. The molecule has 1 aliphatic carbocycles. The van der Waals surface area contributed by atoms with E-state index < -0.39 is 11.9 Å². The Bertz CT molecular complexity index is 557. The van der Waals surface area contributed by atoms with Crippen molar-refractivity contribution in [1.82, 2.24) is 9.55 Å². The Morgan fingerprint density at radius 3 is 2.47 bits per heavy atom. The summed E-state index contributed by atoms with van der Waals surface area (Å²) in [5, 5.41) is 9.19. The highest BCUT2D eigenvalue weighted by Gasteiger charge is 2.26. The van der Waals surface area contributed by atoms with E-state index in [0.29, 0.717) is 11.3 Å². The smallest absolute Gasteiger partial charge is 0.348 e. The van der Waals surface area contributed by atoms with E-state index in [0.717, 1.165) is 31.4 Å². The number of rotatable bonds is 3. The van der Waals surface area contributed by atoms with Crippen LogP contribution in [-0.2, 0) is 4.79 Å². The molecule has 0 amide bonds. The predicted molar refractivity (Wildman–Crippen MR) is 71.5 cm³/mol. The van der Waals surface area contributed by atoms with Crippen molar-refractivity contribution in [3.63, 3.8) is 0 Å². The topological polar surface area (TPSA) is 72.2 Å². The first-order valence-electron chi connectivity index (χ1n) is 6.76. The van der Waals surface area contributed by atoms with Crippen LogP contribution in [0.15, 0.2) is 4.79 Å². The summed E-state index contributed by atoms with van der Waals surface area (Å²) in [4.78, 5) is 27.3. The lowest BCUT2D eigenvalue weighted by Gasteiger charge is -2.21. The standard InChI is InChI=1S/C14H20N2O3/c1-8(13(17)18)12-9(2)15-14(19)16(10(12)3)11-6-4-5-7-11/h8,11H,4-7H2,1-3H3,(H,17,18). The molecule has 0 bridgehead atoms. The van der Waals surface area contributed by atoms with Gasteiger partial charge in [0.25, 0.3) is 0 Å². The molecule has 1 saturated carbocycles. The second kappa shape index (κ2) is 5.15. The molecule has 1 aromatic heterocycles. The van der Waals surface area contributed by atoms with E-state index in [4.69, 9.17) is 0 Å². The summed E-state index contributed by atoms with van der Waals surface area (Å²) in [5.74, 6) is -1.52. The van der Waals surface area contributed by atoms with E-state index in [2.05, 4.69) is 4.98 Å². The molecule has 0 radical (unpaired) electrons. The molecule has 1 fully saturated rings. The SMILES string of the molecule is Cc1nc(=O)n(C2CCCC2)c(C)c1C(C)C(=O)O. The minimum atomic E-state index is -0.885. The third kappa shape index (κ3) is 2.41. The molecule has 1 aromatic rings. The van der Waals surface area contributed by atoms with Gasteiger partial charge in [-0.1, -0.05) is 12.8 Å². The average Bonchev–Trinajstić information content (AvgIpc) is 2.81. The van der Waals surface area contributed by atoms with Crippen molar-refractivity contribution < 1.29 is 9.90 Å². The van der Waals surface area contributed by atoms with Crippen molar-refractivity contribution in [2.75, 3.05) is 0 Å². The summed E-state index contributed by atoms with van der Waals surface area (Å²) in [5.41, 5.74) is 1.73. The fraction of sp³-hybridized carbons (Fsp3) is 0.643. The number of carboxylic acids is 1. The van der Waals surface area contributed by atoms with Gasteiger partial charge < -0.3 is 5.11 Å². The molecule has 0 spiro atoms. The minimum absolute atomic E-state index is 0.181. The number of nitrogens with zero attached hydrogens (tertiary/aromatic N) is 2. The molecule has 0 saturated heterocycles. The first kappa shape index (κ1) is 13.8. The van der Waals surface area contributed by atoms with Crippen LogP contribution in [0, 0.1) is 13.8 Å². The van der Waals surface area contributed by atoms with Gasteiger partial charge in [-0.05, 0) is 33.6 Å². The van der Waals surface area contributed by atoms with Crippen LogP contribution in [0.1, 0.15) is 61.5 Å². The number of aromatic nitrogens is 2. The number of carboxylic acid groups (broad SMARTS) is 1. The zero-order chi connectivity index (χ0) is 14.2. The van der Waals surface area contributed by atoms with Crippen molar-refractivity contribution in [1.29, 1.82) is 0 Å². The van der Waals surface area contributed by atoms with Crippen molar-refractivity contribution >= 4 is 5.97 Å². The molecule has 1 aliphatic rings. The quantitative estimate of drug-likeness (QED) is 0.908. The van der Waals surface area contributed by atoms with Gasteiger partial charge in [-0.25, -0.2) is 4.79 Å². The molecule has 1 unspecified atom stereocenters. The zero-order valence-electron chi connectivity index (χ0n) is 11.6. The monoisotopic (exact) mass is 264 g/mol. The van der Waals surface area contributed by atoms with Crippen molar-refractivity contribution in [3.05, 3.63) is 27.4 Å². The maximum atomic E-state index is 12.1. The first-order chi connectivity index (χ1) is 8.93. The normalized spacial score (nSPS) is 17.6. The Kier molecular flexibility index (Phi) is 3.73. The zero-order valence-corrected chi connectivity index (χ0v) is 11.6. The van der Waals surface area contributed by atoms with Crippen molar-refractivity contribution in [3.8, 4) is 0 Å². The molecular formula is C14H20N2O3. The molecule has 0 aliphatic heterocycles. The lowest BCUT2D eigenvalue weighted by Crippen LogP contribution is -2.31. The summed E-state index contributed by atoms with van der Waals surface area (Å²) in [6.07, 6.45) is 4.20. The second-order valence-corrected chi connectivity index (χ2v) is 5.35. The van der Waals surface area contributed by atoms with E-state index in [-0.39, 0.29) is 11.7 Å². The first-order valence-corrected chi connectivity index (χ1v) is 6.76. The van der Waals surface area contributed by atoms with E-state index in [9.17, 15) is 14.7 Å². The minimum Gasteiger partial charge on any atom is -0.481 e. The molecule has 2 rings (SSSR count). The Balaban J connectivity index is 2.59. The van der Waals surface area contributed by atoms with Crippen LogP contribution in [0.3, 0.4) is 0 Å². The Hall–Kier alpha value is -1.65. The summed E-state index contributed by atoms with van der Waals surface area (Å²) in [7, 11) is 0. The summed E-state index contributed by atoms with van der Waals surface area (Å²) >= 11 is 0. The summed E-state index contributed by atoms with van der Waals surface area (Å²) in [6, 6.07) is 0.181. The van der Waals surface area contributed by atoms with Crippen LogP contribution in [0.25, 0.3) is 0 Å². The van der Waals surface area contributed by atoms with Crippen LogP contribution in [0.5, 0.6) is 0 Å².